The van der Waals surface area contributed by atoms with Crippen LogP contribution in [-0.4, -0.2) is 65.8 Å². The van der Waals surface area contributed by atoms with Crippen LogP contribution in [0.2, 0.25) is 0 Å². The van der Waals surface area contributed by atoms with E-state index in [-0.39, 0.29) is 31.7 Å². The SMILES string of the molecule is O=C(c1ccccc1F)N1CCN(C[C@H](O)C(F)(F)F)CC1. The third-order valence-corrected chi connectivity index (χ3v) is 3.57. The van der Waals surface area contributed by atoms with E-state index in [4.69, 9.17) is 5.11 Å². The van der Waals surface area contributed by atoms with Crippen molar-refractivity contribution in [1.29, 1.82) is 0 Å². The Bertz CT molecular complexity index is 528. The molecule has 0 unspecified atom stereocenters. The number of hydrogen-bond donors (Lipinski definition) is 1. The Balaban J connectivity index is 1.90. The maximum absolute atomic E-state index is 13.6. The van der Waals surface area contributed by atoms with E-state index in [0.29, 0.717) is 0 Å². The fraction of sp³-hybridized carbons (Fsp3) is 0.500. The lowest BCUT2D eigenvalue weighted by Crippen LogP contribution is -2.52. The van der Waals surface area contributed by atoms with Crippen molar-refractivity contribution in [3.63, 3.8) is 0 Å². The quantitative estimate of drug-likeness (QED) is 0.859. The van der Waals surface area contributed by atoms with Crippen molar-refractivity contribution in [2.45, 2.75) is 12.3 Å². The topological polar surface area (TPSA) is 43.8 Å². The number of nitrogens with zero attached hydrogens (tertiary/aromatic N) is 2. The lowest BCUT2D eigenvalue weighted by Gasteiger charge is -2.35. The summed E-state index contributed by atoms with van der Waals surface area (Å²) in [5.74, 6) is -1.10. The second-order valence-electron chi connectivity index (χ2n) is 5.13. The first-order valence-corrected chi connectivity index (χ1v) is 6.80. The number of carbonyl (C=O) groups excluding carboxylic acids is 1. The van der Waals surface area contributed by atoms with Crippen molar-refractivity contribution >= 4 is 5.91 Å². The summed E-state index contributed by atoms with van der Waals surface area (Å²) in [7, 11) is 0. The molecule has 1 atom stereocenters. The standard InChI is InChI=1S/C14H16F4N2O2/c15-11-4-2-1-3-10(11)13(22)20-7-5-19(6-8-20)9-12(21)14(16,17)18/h1-4,12,21H,5-9H2/t12-/m0/s1. The Kier molecular flexibility index (Phi) is 5.02. The van der Waals surface area contributed by atoms with Crippen LogP contribution in [0.3, 0.4) is 0 Å². The van der Waals surface area contributed by atoms with E-state index >= 15 is 0 Å². The molecule has 1 saturated heterocycles. The van der Waals surface area contributed by atoms with Gasteiger partial charge in [-0.05, 0) is 12.1 Å². The van der Waals surface area contributed by atoms with Crippen molar-refractivity contribution in [2.75, 3.05) is 32.7 Å². The molecule has 0 bridgehead atoms. The number of β-amino-alcohol motifs (C(OH)–C–C–N with tert-alkyl or cyclic N) is 1. The first kappa shape index (κ1) is 16.7. The molecule has 122 valence electrons. The molecule has 1 aliphatic heterocycles. The smallest absolute Gasteiger partial charge is 0.382 e. The fourth-order valence-electron chi connectivity index (χ4n) is 2.29. The van der Waals surface area contributed by atoms with Crippen molar-refractivity contribution in [3.8, 4) is 0 Å². The first-order valence-electron chi connectivity index (χ1n) is 6.80. The highest BCUT2D eigenvalue weighted by Crippen LogP contribution is 2.21. The van der Waals surface area contributed by atoms with Crippen molar-refractivity contribution in [1.82, 2.24) is 9.80 Å². The number of alkyl halides is 3. The Morgan fingerprint density at radius 2 is 1.77 bits per heavy atom. The molecule has 1 fully saturated rings. The number of rotatable bonds is 3. The third kappa shape index (κ3) is 3.95. The molecule has 0 saturated carbocycles. The average molecular weight is 320 g/mol. The molecule has 0 radical (unpaired) electrons. The van der Waals surface area contributed by atoms with Gasteiger partial charge in [0.15, 0.2) is 6.10 Å². The largest absolute Gasteiger partial charge is 0.415 e. The van der Waals surface area contributed by atoms with E-state index in [2.05, 4.69) is 0 Å². The van der Waals surface area contributed by atoms with Gasteiger partial charge in [-0.3, -0.25) is 9.69 Å². The van der Waals surface area contributed by atoms with Gasteiger partial charge in [-0.15, -0.1) is 0 Å². The fourth-order valence-corrected chi connectivity index (χ4v) is 2.29. The summed E-state index contributed by atoms with van der Waals surface area (Å²) in [5.41, 5.74) is -0.0497. The minimum absolute atomic E-state index is 0.0497. The number of aliphatic hydroxyl groups is 1. The number of amides is 1. The minimum Gasteiger partial charge on any atom is -0.382 e. The summed E-state index contributed by atoms with van der Waals surface area (Å²) in [5, 5.41) is 9.03. The summed E-state index contributed by atoms with van der Waals surface area (Å²) in [6.45, 7) is 0.265. The third-order valence-electron chi connectivity index (χ3n) is 3.57. The lowest BCUT2D eigenvalue weighted by molar-refractivity contribution is -0.208. The van der Waals surface area contributed by atoms with E-state index in [1.165, 1.54) is 28.0 Å². The second kappa shape index (κ2) is 6.62. The van der Waals surface area contributed by atoms with Gasteiger partial charge in [0, 0.05) is 32.7 Å². The number of aliphatic hydroxyl groups excluding tert-OH is 1. The zero-order valence-electron chi connectivity index (χ0n) is 11.7. The Hall–Kier alpha value is -1.67. The van der Waals surface area contributed by atoms with Gasteiger partial charge in [-0.2, -0.15) is 13.2 Å². The first-order chi connectivity index (χ1) is 10.3. The van der Waals surface area contributed by atoms with E-state index < -0.39 is 30.5 Å². The Labute approximate surface area is 124 Å². The molecule has 8 heteroatoms. The summed E-state index contributed by atoms with van der Waals surface area (Å²) in [4.78, 5) is 15.0. The molecular weight excluding hydrogens is 304 g/mol. The molecule has 0 spiro atoms. The van der Waals surface area contributed by atoms with Crippen molar-refractivity contribution < 1.29 is 27.5 Å². The molecule has 1 N–H and O–H groups in total. The highest BCUT2D eigenvalue weighted by atomic mass is 19.4. The molecule has 1 heterocycles. The van der Waals surface area contributed by atoms with Gasteiger partial charge in [0.25, 0.3) is 5.91 Å². The highest BCUT2D eigenvalue weighted by molar-refractivity contribution is 5.94. The van der Waals surface area contributed by atoms with Gasteiger partial charge in [0.2, 0.25) is 0 Å². The van der Waals surface area contributed by atoms with E-state index in [9.17, 15) is 22.4 Å². The number of piperazine rings is 1. The van der Waals surface area contributed by atoms with Crippen molar-refractivity contribution in [3.05, 3.63) is 35.6 Å². The molecule has 22 heavy (non-hydrogen) atoms. The monoisotopic (exact) mass is 320 g/mol. The number of benzene rings is 1. The normalized spacial score (nSPS) is 18.3. The molecule has 2 rings (SSSR count). The summed E-state index contributed by atoms with van der Waals surface area (Å²) in [6.07, 6.45) is -7.05. The second-order valence-corrected chi connectivity index (χ2v) is 5.13. The summed E-state index contributed by atoms with van der Waals surface area (Å²) < 4.78 is 50.4. The van der Waals surface area contributed by atoms with Crippen LogP contribution in [0.15, 0.2) is 24.3 Å². The highest BCUT2D eigenvalue weighted by Gasteiger charge is 2.39. The van der Waals surface area contributed by atoms with Gasteiger partial charge in [-0.1, -0.05) is 12.1 Å². The number of hydrogen-bond acceptors (Lipinski definition) is 3. The minimum atomic E-state index is -4.65. The van der Waals surface area contributed by atoms with Gasteiger partial charge in [0.05, 0.1) is 5.56 Å². The molecule has 1 aliphatic rings. The lowest BCUT2D eigenvalue weighted by atomic mass is 10.1. The van der Waals surface area contributed by atoms with Crippen LogP contribution in [0.5, 0.6) is 0 Å². The summed E-state index contributed by atoms with van der Waals surface area (Å²) >= 11 is 0. The van der Waals surface area contributed by atoms with Crippen LogP contribution >= 0.6 is 0 Å². The number of carbonyl (C=O) groups is 1. The Morgan fingerprint density at radius 1 is 1.18 bits per heavy atom. The van der Waals surface area contributed by atoms with Crippen LogP contribution in [0.25, 0.3) is 0 Å². The van der Waals surface area contributed by atoms with Gasteiger partial charge < -0.3 is 10.0 Å². The molecular formula is C14H16F4N2O2. The zero-order valence-corrected chi connectivity index (χ0v) is 11.7. The van der Waals surface area contributed by atoms with E-state index in [0.717, 1.165) is 0 Å². The summed E-state index contributed by atoms with van der Waals surface area (Å²) in [6, 6.07) is 5.58. The number of halogens is 4. The molecule has 1 aromatic rings. The van der Waals surface area contributed by atoms with E-state index in [1.54, 1.807) is 6.07 Å². The maximum Gasteiger partial charge on any atom is 0.415 e. The van der Waals surface area contributed by atoms with E-state index in [1.807, 2.05) is 0 Å². The molecule has 0 aliphatic carbocycles. The zero-order chi connectivity index (χ0) is 16.3. The Morgan fingerprint density at radius 3 is 2.32 bits per heavy atom. The van der Waals surface area contributed by atoms with Crippen LogP contribution in [0.1, 0.15) is 10.4 Å². The van der Waals surface area contributed by atoms with Gasteiger partial charge in [-0.25, -0.2) is 4.39 Å². The van der Waals surface area contributed by atoms with Crippen molar-refractivity contribution in [2.24, 2.45) is 0 Å². The van der Waals surface area contributed by atoms with Gasteiger partial charge in [0.1, 0.15) is 5.82 Å². The molecule has 1 aromatic carbocycles. The predicted octanol–water partition coefficient (Wildman–Crippen LogP) is 1.51. The van der Waals surface area contributed by atoms with Crippen LogP contribution in [0.4, 0.5) is 17.6 Å². The average Bonchev–Trinajstić information content (AvgIpc) is 2.47. The molecule has 0 aromatic heterocycles. The molecule has 4 nitrogen and oxygen atoms in total. The maximum atomic E-state index is 13.6. The molecule has 1 amide bonds. The van der Waals surface area contributed by atoms with Crippen LogP contribution in [-0.2, 0) is 0 Å². The van der Waals surface area contributed by atoms with Gasteiger partial charge >= 0.3 is 6.18 Å². The van der Waals surface area contributed by atoms with Crippen LogP contribution in [0, 0.1) is 5.82 Å². The predicted molar refractivity (Wildman–Crippen MR) is 70.8 cm³/mol. The van der Waals surface area contributed by atoms with Crippen LogP contribution < -0.4 is 0 Å².